The molecule has 0 amide bonds. The molecule has 2 aromatic carbocycles. The second kappa shape index (κ2) is 9.17. The van der Waals surface area contributed by atoms with Gasteiger partial charge in [-0.3, -0.25) is 0 Å². The molecule has 3 rings (SSSR count). The molecule has 1 aromatic heterocycles. The van der Waals surface area contributed by atoms with Gasteiger partial charge in [0.1, 0.15) is 17.9 Å². The van der Waals surface area contributed by atoms with Crippen molar-refractivity contribution in [2.24, 2.45) is 5.92 Å². The van der Waals surface area contributed by atoms with Crippen molar-refractivity contribution in [3.05, 3.63) is 60.2 Å². The van der Waals surface area contributed by atoms with E-state index >= 15 is 0 Å². The molecule has 3 aromatic rings. The number of halogens is 1. The van der Waals surface area contributed by atoms with E-state index in [1.165, 1.54) is 24.7 Å². The fourth-order valence-electron chi connectivity index (χ4n) is 2.71. The highest BCUT2D eigenvalue weighted by Gasteiger charge is 2.13. The van der Waals surface area contributed by atoms with Crippen molar-refractivity contribution in [1.29, 1.82) is 0 Å². The van der Waals surface area contributed by atoms with E-state index in [4.69, 9.17) is 4.74 Å². The molecule has 9 heteroatoms. The summed E-state index contributed by atoms with van der Waals surface area (Å²) in [5, 5.41) is 3.05. The molecular formula is C21H23FN4O3S. The lowest BCUT2D eigenvalue weighted by Gasteiger charge is -2.13. The van der Waals surface area contributed by atoms with Crippen LogP contribution in [0.5, 0.6) is 5.75 Å². The first-order chi connectivity index (χ1) is 14.2. The van der Waals surface area contributed by atoms with Gasteiger partial charge in [0.25, 0.3) is 0 Å². The molecule has 0 aliphatic carbocycles. The number of benzene rings is 2. The summed E-state index contributed by atoms with van der Waals surface area (Å²) in [4.78, 5) is 12.7. The van der Waals surface area contributed by atoms with Crippen LogP contribution in [-0.2, 0) is 15.6 Å². The Morgan fingerprint density at radius 1 is 1.13 bits per heavy atom. The van der Waals surface area contributed by atoms with Crippen LogP contribution in [-0.4, -0.2) is 36.2 Å². The lowest BCUT2D eigenvalue weighted by atomic mass is 10.1. The van der Waals surface area contributed by atoms with Gasteiger partial charge < -0.3 is 10.1 Å². The van der Waals surface area contributed by atoms with Crippen molar-refractivity contribution < 1.29 is 17.5 Å². The van der Waals surface area contributed by atoms with E-state index in [9.17, 15) is 12.8 Å². The number of aromatic nitrogens is 3. The minimum atomic E-state index is -3.14. The molecular weight excluding hydrogens is 407 g/mol. The highest BCUT2D eigenvalue weighted by molar-refractivity contribution is 7.89. The summed E-state index contributed by atoms with van der Waals surface area (Å²) in [7, 11) is -3.14. The van der Waals surface area contributed by atoms with Gasteiger partial charge in [-0.2, -0.15) is 4.98 Å². The van der Waals surface area contributed by atoms with Crippen LogP contribution in [0, 0.1) is 11.7 Å². The Balaban J connectivity index is 1.86. The van der Waals surface area contributed by atoms with Crippen LogP contribution >= 0.6 is 0 Å². The summed E-state index contributed by atoms with van der Waals surface area (Å²) < 4.78 is 42.5. The lowest BCUT2D eigenvalue weighted by Crippen LogP contribution is -2.07. The molecule has 0 radical (unpaired) electrons. The number of ether oxygens (including phenoxy) is 1. The molecule has 1 N–H and O–H groups in total. The van der Waals surface area contributed by atoms with E-state index in [0.717, 1.165) is 0 Å². The van der Waals surface area contributed by atoms with Gasteiger partial charge in [-0.15, -0.1) is 0 Å². The zero-order valence-electron chi connectivity index (χ0n) is 17.0. The fraction of sp³-hybridized carbons (Fsp3) is 0.286. The Hall–Kier alpha value is -3.07. The SMILES string of the molecule is CC(C)COc1cc(F)ccc1-c1ncnc(Nc2cccc(CS(C)(=O)=O)c2)n1. The van der Waals surface area contributed by atoms with Crippen molar-refractivity contribution in [2.75, 3.05) is 18.2 Å². The first-order valence-electron chi connectivity index (χ1n) is 9.35. The van der Waals surface area contributed by atoms with Crippen LogP contribution < -0.4 is 10.1 Å². The van der Waals surface area contributed by atoms with E-state index in [2.05, 4.69) is 20.3 Å². The second-order valence-electron chi connectivity index (χ2n) is 7.37. The summed E-state index contributed by atoms with van der Waals surface area (Å²) in [6.45, 7) is 4.43. The van der Waals surface area contributed by atoms with E-state index in [1.54, 1.807) is 30.3 Å². The highest BCUT2D eigenvalue weighted by atomic mass is 32.2. The van der Waals surface area contributed by atoms with Gasteiger partial charge >= 0.3 is 0 Å². The van der Waals surface area contributed by atoms with E-state index in [-0.39, 0.29) is 17.6 Å². The van der Waals surface area contributed by atoms with E-state index in [1.807, 2.05) is 13.8 Å². The van der Waals surface area contributed by atoms with Gasteiger partial charge in [0, 0.05) is 18.0 Å². The third kappa shape index (κ3) is 6.21. The molecule has 0 aliphatic rings. The van der Waals surface area contributed by atoms with Crippen molar-refractivity contribution >= 4 is 21.5 Å². The zero-order chi connectivity index (χ0) is 21.7. The molecule has 0 unspecified atom stereocenters. The number of hydrogen-bond acceptors (Lipinski definition) is 7. The van der Waals surface area contributed by atoms with Crippen LogP contribution in [0.4, 0.5) is 16.0 Å². The third-order valence-electron chi connectivity index (χ3n) is 3.94. The summed E-state index contributed by atoms with van der Waals surface area (Å²) in [5.74, 6) is 0.769. The Morgan fingerprint density at radius 2 is 1.93 bits per heavy atom. The molecule has 0 bridgehead atoms. The molecule has 0 fully saturated rings. The van der Waals surface area contributed by atoms with Crippen molar-refractivity contribution in [1.82, 2.24) is 15.0 Å². The maximum Gasteiger partial charge on any atom is 0.230 e. The molecule has 30 heavy (non-hydrogen) atoms. The lowest BCUT2D eigenvalue weighted by molar-refractivity contribution is 0.271. The van der Waals surface area contributed by atoms with E-state index in [0.29, 0.717) is 35.0 Å². The van der Waals surface area contributed by atoms with Crippen molar-refractivity contribution in [3.8, 4) is 17.1 Å². The largest absolute Gasteiger partial charge is 0.492 e. The molecule has 7 nitrogen and oxygen atoms in total. The zero-order valence-corrected chi connectivity index (χ0v) is 17.8. The molecule has 0 spiro atoms. The number of nitrogens with zero attached hydrogens (tertiary/aromatic N) is 3. The average Bonchev–Trinajstić information content (AvgIpc) is 2.65. The van der Waals surface area contributed by atoms with Crippen LogP contribution in [0.1, 0.15) is 19.4 Å². The van der Waals surface area contributed by atoms with Crippen molar-refractivity contribution in [2.45, 2.75) is 19.6 Å². The maximum atomic E-state index is 13.7. The van der Waals surface area contributed by atoms with Crippen LogP contribution in [0.15, 0.2) is 48.8 Å². The maximum absolute atomic E-state index is 13.7. The quantitative estimate of drug-likeness (QED) is 0.577. The topological polar surface area (TPSA) is 94.1 Å². The molecule has 0 aliphatic heterocycles. The molecule has 0 atom stereocenters. The molecule has 0 saturated carbocycles. The highest BCUT2D eigenvalue weighted by Crippen LogP contribution is 2.29. The minimum absolute atomic E-state index is 0.0584. The van der Waals surface area contributed by atoms with Crippen LogP contribution in [0.3, 0.4) is 0 Å². The van der Waals surface area contributed by atoms with Gasteiger partial charge in [-0.05, 0) is 35.7 Å². The predicted octanol–water partition coefficient (Wildman–Crippen LogP) is 4.00. The van der Waals surface area contributed by atoms with Gasteiger partial charge in [-0.25, -0.2) is 22.8 Å². The Bertz CT molecular complexity index is 1140. The predicted molar refractivity (Wildman–Crippen MR) is 114 cm³/mol. The summed E-state index contributed by atoms with van der Waals surface area (Å²) >= 11 is 0. The fourth-order valence-corrected chi connectivity index (χ4v) is 3.50. The first-order valence-corrected chi connectivity index (χ1v) is 11.4. The summed E-state index contributed by atoms with van der Waals surface area (Å²) in [6.07, 6.45) is 2.54. The van der Waals surface area contributed by atoms with Gasteiger partial charge in [0.15, 0.2) is 15.7 Å². The van der Waals surface area contributed by atoms with Gasteiger partial charge in [0.2, 0.25) is 5.95 Å². The monoisotopic (exact) mass is 430 g/mol. The Labute approximate surface area is 175 Å². The van der Waals surface area contributed by atoms with Gasteiger partial charge in [-0.1, -0.05) is 26.0 Å². The summed E-state index contributed by atoms with van der Waals surface area (Å²) in [5.41, 5.74) is 1.84. The first kappa shape index (κ1) is 21.6. The average molecular weight is 431 g/mol. The smallest absolute Gasteiger partial charge is 0.230 e. The number of rotatable bonds is 8. The standard InChI is InChI=1S/C21H23FN4O3S/c1-14(2)11-29-19-10-16(22)7-8-18(19)20-23-13-24-21(26-20)25-17-6-4-5-15(9-17)12-30(3,27)28/h4-10,13-14H,11-12H2,1-3H3,(H,23,24,25,26). The summed E-state index contributed by atoms with van der Waals surface area (Å²) in [6, 6.07) is 11.2. The number of sulfone groups is 1. The normalized spacial score (nSPS) is 11.5. The molecule has 1 heterocycles. The molecule has 0 saturated heterocycles. The third-order valence-corrected chi connectivity index (χ3v) is 4.80. The Kier molecular flexibility index (Phi) is 6.61. The molecule has 158 valence electrons. The van der Waals surface area contributed by atoms with Gasteiger partial charge in [0.05, 0.1) is 17.9 Å². The van der Waals surface area contributed by atoms with E-state index < -0.39 is 15.7 Å². The van der Waals surface area contributed by atoms with Crippen LogP contribution in [0.25, 0.3) is 11.4 Å². The number of nitrogens with one attached hydrogen (secondary N) is 1. The van der Waals surface area contributed by atoms with Crippen LogP contribution in [0.2, 0.25) is 0 Å². The minimum Gasteiger partial charge on any atom is -0.492 e. The number of anilines is 2. The second-order valence-corrected chi connectivity index (χ2v) is 9.51. The number of hydrogen-bond donors (Lipinski definition) is 1. The Morgan fingerprint density at radius 3 is 2.67 bits per heavy atom. The van der Waals surface area contributed by atoms with Crippen molar-refractivity contribution in [3.63, 3.8) is 0 Å².